The molecule has 1 aromatic rings. The molecular formula is C17H26N2O. The number of hydrogen-bond acceptors (Lipinski definition) is 2. The van der Waals surface area contributed by atoms with Gasteiger partial charge in [0.15, 0.2) is 0 Å². The molecule has 3 heteroatoms. The second kappa shape index (κ2) is 7.44. The molecule has 0 spiro atoms. The first-order valence-electron chi connectivity index (χ1n) is 7.80. The normalized spacial score (nSPS) is 20.4. The van der Waals surface area contributed by atoms with E-state index < -0.39 is 0 Å². The van der Waals surface area contributed by atoms with Crippen LogP contribution in [0.1, 0.15) is 44.7 Å². The van der Waals surface area contributed by atoms with Crippen molar-refractivity contribution >= 4 is 5.91 Å². The van der Waals surface area contributed by atoms with E-state index >= 15 is 0 Å². The zero-order chi connectivity index (χ0) is 14.4. The van der Waals surface area contributed by atoms with Gasteiger partial charge in [0.1, 0.15) is 0 Å². The molecule has 1 saturated heterocycles. The van der Waals surface area contributed by atoms with Crippen LogP contribution in [-0.4, -0.2) is 30.4 Å². The van der Waals surface area contributed by atoms with Crippen LogP contribution in [0, 0.1) is 5.92 Å². The second-order valence-corrected chi connectivity index (χ2v) is 5.69. The van der Waals surface area contributed by atoms with E-state index in [1.165, 1.54) is 5.56 Å². The van der Waals surface area contributed by atoms with Crippen LogP contribution >= 0.6 is 0 Å². The lowest BCUT2D eigenvalue weighted by Crippen LogP contribution is -2.36. The van der Waals surface area contributed by atoms with Crippen molar-refractivity contribution in [1.82, 2.24) is 10.2 Å². The fourth-order valence-electron chi connectivity index (χ4n) is 2.82. The summed E-state index contributed by atoms with van der Waals surface area (Å²) in [6.07, 6.45) is 2.93. The summed E-state index contributed by atoms with van der Waals surface area (Å²) in [5, 5.41) is 3.57. The highest BCUT2D eigenvalue weighted by Gasteiger charge is 2.30. The number of carbonyl (C=O) groups is 1. The lowest BCUT2D eigenvalue weighted by atomic mass is 10.1. The predicted octanol–water partition coefficient (Wildman–Crippen LogP) is 2.99. The van der Waals surface area contributed by atoms with Gasteiger partial charge >= 0.3 is 0 Å². The van der Waals surface area contributed by atoms with E-state index in [4.69, 9.17) is 0 Å². The molecule has 1 aromatic carbocycles. The Hall–Kier alpha value is -1.35. The van der Waals surface area contributed by atoms with Crippen molar-refractivity contribution in [3.05, 3.63) is 35.9 Å². The maximum Gasteiger partial charge on any atom is 0.222 e. The van der Waals surface area contributed by atoms with Crippen molar-refractivity contribution in [2.45, 2.75) is 39.2 Å². The largest absolute Gasteiger partial charge is 0.340 e. The van der Waals surface area contributed by atoms with Crippen LogP contribution in [0.15, 0.2) is 30.3 Å². The Labute approximate surface area is 122 Å². The van der Waals surface area contributed by atoms with Crippen molar-refractivity contribution in [2.75, 3.05) is 19.6 Å². The zero-order valence-electron chi connectivity index (χ0n) is 12.6. The number of amides is 1. The van der Waals surface area contributed by atoms with E-state index in [1.807, 2.05) is 11.0 Å². The summed E-state index contributed by atoms with van der Waals surface area (Å²) in [5.41, 5.74) is 1.27. The Morgan fingerprint density at radius 1 is 1.30 bits per heavy atom. The number of benzene rings is 1. The average Bonchev–Trinajstić information content (AvgIpc) is 2.84. The molecule has 0 saturated carbocycles. The zero-order valence-corrected chi connectivity index (χ0v) is 12.6. The van der Waals surface area contributed by atoms with E-state index in [0.29, 0.717) is 11.8 Å². The molecule has 1 aliphatic rings. The minimum absolute atomic E-state index is 0.246. The average molecular weight is 274 g/mol. The molecule has 0 radical (unpaired) electrons. The first-order chi connectivity index (χ1) is 9.74. The van der Waals surface area contributed by atoms with Gasteiger partial charge in [0, 0.05) is 25.6 Å². The summed E-state index contributed by atoms with van der Waals surface area (Å²) < 4.78 is 0. The number of rotatable bonds is 7. The van der Waals surface area contributed by atoms with Gasteiger partial charge < -0.3 is 10.2 Å². The van der Waals surface area contributed by atoms with Crippen molar-refractivity contribution < 1.29 is 4.79 Å². The van der Waals surface area contributed by atoms with Gasteiger partial charge in [-0.2, -0.15) is 0 Å². The van der Waals surface area contributed by atoms with Crippen molar-refractivity contribution in [2.24, 2.45) is 5.92 Å². The lowest BCUT2D eigenvalue weighted by molar-refractivity contribution is -0.128. The van der Waals surface area contributed by atoms with Gasteiger partial charge in [0.25, 0.3) is 0 Å². The second-order valence-electron chi connectivity index (χ2n) is 5.69. The van der Waals surface area contributed by atoms with Crippen molar-refractivity contribution in [1.29, 1.82) is 0 Å². The van der Waals surface area contributed by atoms with Gasteiger partial charge in [0.05, 0.1) is 0 Å². The predicted molar refractivity (Wildman–Crippen MR) is 82.5 cm³/mol. The molecule has 1 aliphatic heterocycles. The van der Waals surface area contributed by atoms with E-state index in [9.17, 15) is 4.79 Å². The van der Waals surface area contributed by atoms with Gasteiger partial charge in [0.2, 0.25) is 5.91 Å². The van der Waals surface area contributed by atoms with Crippen LogP contribution in [0.2, 0.25) is 0 Å². The summed E-state index contributed by atoms with van der Waals surface area (Å²) in [4.78, 5) is 14.1. The molecule has 0 bridgehead atoms. The molecule has 2 unspecified atom stereocenters. The van der Waals surface area contributed by atoms with Crippen LogP contribution in [0.5, 0.6) is 0 Å². The molecule has 110 valence electrons. The lowest BCUT2D eigenvalue weighted by Gasteiger charge is -2.25. The van der Waals surface area contributed by atoms with E-state index in [1.54, 1.807) is 0 Å². The van der Waals surface area contributed by atoms with Gasteiger partial charge in [-0.1, -0.05) is 50.6 Å². The summed E-state index contributed by atoms with van der Waals surface area (Å²) >= 11 is 0. The maximum absolute atomic E-state index is 12.1. The highest BCUT2D eigenvalue weighted by molar-refractivity contribution is 5.78. The summed E-state index contributed by atoms with van der Waals surface area (Å²) in [6.45, 7) is 7.04. The highest BCUT2D eigenvalue weighted by Crippen LogP contribution is 2.23. The van der Waals surface area contributed by atoms with Crippen LogP contribution < -0.4 is 5.32 Å². The third kappa shape index (κ3) is 3.83. The summed E-state index contributed by atoms with van der Waals surface area (Å²) in [5.74, 6) is 0.862. The Morgan fingerprint density at radius 2 is 2.05 bits per heavy atom. The van der Waals surface area contributed by atoms with Crippen LogP contribution in [0.25, 0.3) is 0 Å². The fraction of sp³-hybridized carbons (Fsp3) is 0.588. The SMILES string of the molecule is CCCNC(CN1CC(CC)CC1=O)c1ccccc1. The molecule has 3 nitrogen and oxygen atoms in total. The molecule has 0 aromatic heterocycles. The molecule has 2 rings (SSSR count). The van der Waals surface area contributed by atoms with Gasteiger partial charge in [-0.05, 0) is 24.4 Å². The maximum atomic E-state index is 12.1. The van der Waals surface area contributed by atoms with Gasteiger partial charge in [-0.3, -0.25) is 4.79 Å². The number of hydrogen-bond donors (Lipinski definition) is 1. The Morgan fingerprint density at radius 3 is 2.65 bits per heavy atom. The number of nitrogens with one attached hydrogen (secondary N) is 1. The first kappa shape index (κ1) is 15.0. The van der Waals surface area contributed by atoms with Crippen LogP contribution in [0.3, 0.4) is 0 Å². The number of likely N-dealkylation sites (tertiary alicyclic amines) is 1. The van der Waals surface area contributed by atoms with Gasteiger partial charge in [-0.25, -0.2) is 0 Å². The van der Waals surface area contributed by atoms with Crippen molar-refractivity contribution in [3.8, 4) is 0 Å². The molecule has 0 aliphatic carbocycles. The van der Waals surface area contributed by atoms with E-state index in [0.717, 1.165) is 38.9 Å². The highest BCUT2D eigenvalue weighted by atomic mass is 16.2. The minimum atomic E-state index is 0.246. The Bertz CT molecular complexity index is 418. The molecule has 1 heterocycles. The standard InChI is InChI=1S/C17H26N2O/c1-3-10-18-16(15-8-6-5-7-9-15)13-19-12-14(4-2)11-17(19)20/h5-9,14,16,18H,3-4,10-13H2,1-2H3. The smallest absolute Gasteiger partial charge is 0.222 e. The molecule has 2 atom stereocenters. The summed E-state index contributed by atoms with van der Waals surface area (Å²) in [6, 6.07) is 10.7. The van der Waals surface area contributed by atoms with Crippen LogP contribution in [-0.2, 0) is 4.79 Å². The van der Waals surface area contributed by atoms with E-state index in [2.05, 4.69) is 43.4 Å². The Kier molecular flexibility index (Phi) is 5.60. The fourth-order valence-corrected chi connectivity index (χ4v) is 2.82. The molecule has 1 N–H and O–H groups in total. The van der Waals surface area contributed by atoms with Crippen molar-refractivity contribution in [3.63, 3.8) is 0 Å². The first-order valence-corrected chi connectivity index (χ1v) is 7.80. The molecule has 1 amide bonds. The molecule has 1 fully saturated rings. The minimum Gasteiger partial charge on any atom is -0.340 e. The van der Waals surface area contributed by atoms with E-state index in [-0.39, 0.29) is 6.04 Å². The monoisotopic (exact) mass is 274 g/mol. The quantitative estimate of drug-likeness (QED) is 0.829. The van der Waals surface area contributed by atoms with Crippen LogP contribution in [0.4, 0.5) is 0 Å². The Balaban J connectivity index is 2.03. The third-order valence-electron chi connectivity index (χ3n) is 4.12. The number of carbonyl (C=O) groups excluding carboxylic acids is 1. The molecular weight excluding hydrogens is 248 g/mol. The topological polar surface area (TPSA) is 32.3 Å². The number of nitrogens with zero attached hydrogens (tertiary/aromatic N) is 1. The van der Waals surface area contributed by atoms with Gasteiger partial charge in [-0.15, -0.1) is 0 Å². The summed E-state index contributed by atoms with van der Waals surface area (Å²) in [7, 11) is 0. The molecule has 20 heavy (non-hydrogen) atoms. The third-order valence-corrected chi connectivity index (χ3v) is 4.12.